The zero-order valence-corrected chi connectivity index (χ0v) is 30.2. The quantitative estimate of drug-likeness (QED) is 0.266. The Kier molecular flexibility index (Phi) is 13.2. The summed E-state index contributed by atoms with van der Waals surface area (Å²) in [6.45, 7) is 17.9. The third kappa shape index (κ3) is 11.4. The summed E-state index contributed by atoms with van der Waals surface area (Å²) in [4.78, 5) is 54.4. The second kappa shape index (κ2) is 16.5. The first-order valence-electron chi connectivity index (χ1n) is 15.8. The molecule has 2 aromatic carbocycles. The number of carbonyl (C=O) groups is 4. The van der Waals surface area contributed by atoms with Crippen LogP contribution in [-0.2, 0) is 14.2 Å². The van der Waals surface area contributed by atoms with Gasteiger partial charge in [-0.3, -0.25) is 0 Å². The van der Waals surface area contributed by atoms with Gasteiger partial charge in [-0.25, -0.2) is 19.2 Å². The number of carboxylic acids is 1. The highest BCUT2D eigenvalue weighted by Gasteiger charge is 2.28. The molecule has 2 heterocycles. The van der Waals surface area contributed by atoms with Crippen molar-refractivity contribution >= 4 is 58.7 Å². The Morgan fingerprint density at radius 1 is 0.667 bits per heavy atom. The van der Waals surface area contributed by atoms with E-state index in [-0.39, 0.29) is 23.7 Å². The van der Waals surface area contributed by atoms with E-state index in [0.717, 1.165) is 11.4 Å². The van der Waals surface area contributed by atoms with Gasteiger partial charge in [0.2, 0.25) is 0 Å². The summed E-state index contributed by atoms with van der Waals surface area (Å²) in [7, 11) is 0. The molecule has 0 aliphatic carbocycles. The largest absolute Gasteiger partial charge is 0.478 e. The van der Waals surface area contributed by atoms with Gasteiger partial charge in [-0.15, -0.1) is 0 Å². The van der Waals surface area contributed by atoms with Crippen LogP contribution in [0.5, 0.6) is 0 Å². The van der Waals surface area contributed by atoms with Gasteiger partial charge in [0.25, 0.3) is 0 Å². The molecule has 2 aromatic rings. The molecule has 2 saturated heterocycles. The average molecular weight is 710 g/mol. The molecule has 1 N–H and O–H groups in total. The Hall–Kier alpha value is -3.90. The van der Waals surface area contributed by atoms with Crippen LogP contribution in [0.3, 0.4) is 0 Å². The van der Waals surface area contributed by atoms with Crippen LogP contribution >= 0.6 is 23.2 Å². The maximum Gasteiger partial charge on any atom is 0.410 e. The van der Waals surface area contributed by atoms with Gasteiger partial charge in [0.1, 0.15) is 11.2 Å². The zero-order chi connectivity index (χ0) is 35.8. The van der Waals surface area contributed by atoms with E-state index in [0.29, 0.717) is 74.6 Å². The third-order valence-corrected chi connectivity index (χ3v) is 7.80. The number of esters is 1. The van der Waals surface area contributed by atoms with E-state index in [1.54, 1.807) is 34.9 Å². The number of rotatable bonds is 5. The van der Waals surface area contributed by atoms with Crippen LogP contribution in [0.1, 0.15) is 69.2 Å². The average Bonchev–Trinajstić information content (AvgIpc) is 3.00. The number of carboxylic acid groups (broad SMARTS) is 1. The lowest BCUT2D eigenvalue weighted by atomic mass is 10.1. The summed E-state index contributed by atoms with van der Waals surface area (Å²) in [5.74, 6) is -1.39. The lowest BCUT2D eigenvalue weighted by Gasteiger charge is -2.37. The highest BCUT2D eigenvalue weighted by atomic mass is 35.5. The van der Waals surface area contributed by atoms with Crippen molar-refractivity contribution in [1.29, 1.82) is 0 Å². The number of hydrogen-bond acceptors (Lipinski definition) is 9. The van der Waals surface area contributed by atoms with Crippen molar-refractivity contribution in [3.63, 3.8) is 0 Å². The third-order valence-electron chi connectivity index (χ3n) is 7.20. The Morgan fingerprint density at radius 2 is 1.04 bits per heavy atom. The predicted molar refractivity (Wildman–Crippen MR) is 186 cm³/mol. The van der Waals surface area contributed by atoms with Crippen molar-refractivity contribution in [3.8, 4) is 0 Å². The van der Waals surface area contributed by atoms with Crippen LogP contribution in [0.15, 0.2) is 36.4 Å². The van der Waals surface area contributed by atoms with Gasteiger partial charge < -0.3 is 38.9 Å². The Balaban J connectivity index is 0.000000261. The molecule has 0 spiro atoms. The number of halogens is 2. The minimum atomic E-state index is -1.01. The van der Waals surface area contributed by atoms with Crippen molar-refractivity contribution in [2.24, 2.45) is 0 Å². The van der Waals surface area contributed by atoms with Crippen LogP contribution in [0.2, 0.25) is 10.0 Å². The summed E-state index contributed by atoms with van der Waals surface area (Å²) >= 11 is 12.5. The molecule has 12 nitrogen and oxygen atoms in total. The maximum atomic E-state index is 12.1. The topological polar surface area (TPSA) is 129 Å². The van der Waals surface area contributed by atoms with Gasteiger partial charge in [-0.1, -0.05) is 23.2 Å². The number of anilines is 2. The van der Waals surface area contributed by atoms with Gasteiger partial charge in [-0.05, 0) is 84.9 Å². The van der Waals surface area contributed by atoms with E-state index in [1.165, 1.54) is 12.1 Å². The normalized spacial score (nSPS) is 15.3. The number of aromatic carboxylic acids is 1. The molecule has 0 aromatic heterocycles. The summed E-state index contributed by atoms with van der Waals surface area (Å²) in [6, 6.07) is 9.82. The van der Waals surface area contributed by atoms with Crippen LogP contribution in [0.4, 0.5) is 21.0 Å². The first kappa shape index (κ1) is 38.5. The van der Waals surface area contributed by atoms with Gasteiger partial charge in [0.15, 0.2) is 0 Å². The monoisotopic (exact) mass is 708 g/mol. The van der Waals surface area contributed by atoms with Crippen LogP contribution < -0.4 is 9.80 Å². The van der Waals surface area contributed by atoms with Gasteiger partial charge >= 0.3 is 24.1 Å². The van der Waals surface area contributed by atoms with Gasteiger partial charge in [0.05, 0.1) is 39.2 Å². The molecule has 0 atom stereocenters. The number of amides is 2. The molecule has 4 rings (SSSR count). The summed E-state index contributed by atoms with van der Waals surface area (Å²) in [5, 5.41) is 9.86. The molecule has 2 fully saturated rings. The number of benzene rings is 2. The van der Waals surface area contributed by atoms with Gasteiger partial charge in [-0.2, -0.15) is 0 Å². The maximum absolute atomic E-state index is 12.1. The molecule has 2 aliphatic rings. The molecule has 0 radical (unpaired) electrons. The molecular weight excluding hydrogens is 663 g/mol. The standard InChI is InChI=1S/C18H25ClN2O4.C16H21ClN2O4/c1-5-24-16(22)13-6-7-15(14(19)12-13)20-8-10-21(11-9-20)17(23)25-18(2,3)4;1-16(2,3)23-15(22)19-8-6-18(7-9-19)13-5-4-11(14(20)21)10-12(13)17/h6-7,12H,5,8-11H2,1-4H3;4-5,10H,6-9H2,1-3H3,(H,20,21). The molecule has 14 heteroatoms. The number of nitrogens with zero attached hydrogens (tertiary/aromatic N) is 4. The fourth-order valence-corrected chi connectivity index (χ4v) is 5.51. The second-order valence-electron chi connectivity index (χ2n) is 13.3. The van der Waals surface area contributed by atoms with E-state index < -0.39 is 17.2 Å². The number of carbonyl (C=O) groups excluding carboxylic acids is 3. The first-order chi connectivity index (χ1) is 22.4. The van der Waals surface area contributed by atoms with Crippen molar-refractivity contribution < 1.29 is 38.5 Å². The molecule has 264 valence electrons. The predicted octanol–water partition coefficient (Wildman–Crippen LogP) is 6.67. The van der Waals surface area contributed by atoms with Crippen molar-refractivity contribution in [1.82, 2.24) is 9.80 Å². The second-order valence-corrected chi connectivity index (χ2v) is 14.1. The molecule has 0 bridgehead atoms. The van der Waals surface area contributed by atoms with Crippen LogP contribution in [0, 0.1) is 0 Å². The molecule has 2 aliphatic heterocycles. The lowest BCUT2D eigenvalue weighted by Crippen LogP contribution is -2.50. The molecule has 48 heavy (non-hydrogen) atoms. The minimum absolute atomic E-state index is 0.158. The SMILES string of the molecule is CC(C)(C)OC(=O)N1CCN(c2ccc(C(=O)O)cc2Cl)CC1.CCOC(=O)c1ccc(N2CCN(C(=O)OC(C)(C)C)CC2)c(Cl)c1. The van der Waals surface area contributed by atoms with Crippen LogP contribution in [0.25, 0.3) is 0 Å². The Morgan fingerprint density at radius 3 is 1.38 bits per heavy atom. The fourth-order valence-electron chi connectivity index (χ4n) is 4.91. The minimum Gasteiger partial charge on any atom is -0.478 e. The van der Waals surface area contributed by atoms with E-state index in [1.807, 2.05) is 52.5 Å². The van der Waals surface area contributed by atoms with Crippen molar-refractivity contribution in [2.75, 3.05) is 68.8 Å². The smallest absolute Gasteiger partial charge is 0.410 e. The van der Waals surface area contributed by atoms with Gasteiger partial charge in [0, 0.05) is 52.4 Å². The van der Waals surface area contributed by atoms with E-state index in [4.69, 9.17) is 42.5 Å². The van der Waals surface area contributed by atoms with E-state index in [2.05, 4.69) is 4.90 Å². The van der Waals surface area contributed by atoms with E-state index in [9.17, 15) is 19.2 Å². The summed E-state index contributed by atoms with van der Waals surface area (Å²) in [5.41, 5.74) is 1.21. The summed E-state index contributed by atoms with van der Waals surface area (Å²) < 4.78 is 15.7. The Bertz CT molecular complexity index is 1460. The molecule has 0 unspecified atom stereocenters. The Labute approximate surface area is 292 Å². The van der Waals surface area contributed by atoms with E-state index >= 15 is 0 Å². The highest BCUT2D eigenvalue weighted by Crippen LogP contribution is 2.29. The first-order valence-corrected chi connectivity index (χ1v) is 16.6. The zero-order valence-electron chi connectivity index (χ0n) is 28.7. The number of ether oxygens (including phenoxy) is 3. The number of hydrogen-bond donors (Lipinski definition) is 1. The summed E-state index contributed by atoms with van der Waals surface area (Å²) in [6.07, 6.45) is -0.611. The van der Waals surface area contributed by atoms with Crippen molar-refractivity contribution in [3.05, 3.63) is 57.6 Å². The van der Waals surface area contributed by atoms with Crippen molar-refractivity contribution in [2.45, 2.75) is 59.7 Å². The molecule has 0 saturated carbocycles. The number of piperazine rings is 2. The lowest BCUT2D eigenvalue weighted by molar-refractivity contribution is 0.0230. The molecular formula is C34H46Cl2N4O8. The molecule has 2 amide bonds. The fraction of sp³-hybridized carbons (Fsp3) is 0.529. The highest BCUT2D eigenvalue weighted by molar-refractivity contribution is 6.34. The van der Waals surface area contributed by atoms with Crippen LogP contribution in [-0.4, -0.2) is 109 Å².